The van der Waals surface area contributed by atoms with Crippen LogP contribution in [-0.2, 0) is 0 Å². The van der Waals surface area contributed by atoms with E-state index >= 15 is 0 Å². The number of rotatable bonds is 4. The molecule has 2 rings (SSSR count). The third-order valence-electron chi connectivity index (χ3n) is 2.66. The van der Waals surface area contributed by atoms with E-state index in [0.717, 1.165) is 11.3 Å². The number of aliphatic hydroxyl groups excluding tert-OH is 1. The van der Waals surface area contributed by atoms with E-state index in [0.29, 0.717) is 11.5 Å². The maximum Gasteiger partial charge on any atom is 0.133 e. The summed E-state index contributed by atoms with van der Waals surface area (Å²) in [7, 11) is 1.62. The molecular formula is C15H16O3. The summed E-state index contributed by atoms with van der Waals surface area (Å²) in [5.41, 5.74) is 0.772. The van der Waals surface area contributed by atoms with Gasteiger partial charge in [0, 0.05) is 5.56 Å². The van der Waals surface area contributed by atoms with E-state index in [4.69, 9.17) is 9.47 Å². The maximum atomic E-state index is 9.66. The van der Waals surface area contributed by atoms with Crippen molar-refractivity contribution in [1.82, 2.24) is 0 Å². The first-order valence-electron chi connectivity index (χ1n) is 5.79. The van der Waals surface area contributed by atoms with Crippen LogP contribution < -0.4 is 9.47 Å². The van der Waals surface area contributed by atoms with Gasteiger partial charge in [-0.2, -0.15) is 0 Å². The van der Waals surface area contributed by atoms with Crippen molar-refractivity contribution in [2.45, 2.75) is 13.0 Å². The molecule has 3 heteroatoms. The molecule has 0 radical (unpaired) electrons. The number of methoxy groups -OCH3 is 1. The Kier molecular flexibility index (Phi) is 3.85. The van der Waals surface area contributed by atoms with Crippen LogP contribution in [-0.4, -0.2) is 12.2 Å². The highest BCUT2D eigenvalue weighted by atomic mass is 16.5. The Hall–Kier alpha value is -2.00. The molecule has 0 saturated heterocycles. The van der Waals surface area contributed by atoms with E-state index in [1.54, 1.807) is 14.0 Å². The van der Waals surface area contributed by atoms with Gasteiger partial charge in [-0.05, 0) is 37.3 Å². The van der Waals surface area contributed by atoms with Crippen molar-refractivity contribution in [2.75, 3.05) is 7.11 Å². The lowest BCUT2D eigenvalue weighted by atomic mass is 10.1. The summed E-state index contributed by atoms with van der Waals surface area (Å²) in [4.78, 5) is 0. The van der Waals surface area contributed by atoms with Gasteiger partial charge in [0.1, 0.15) is 17.2 Å². The standard InChI is InChI=1S/C15H16O3/c1-11(16)14-5-3-4-6-15(14)18-13-9-7-12(17-2)8-10-13/h3-11,16H,1-2H3/t11-/m0/s1. The first kappa shape index (κ1) is 12.5. The molecule has 0 spiro atoms. The van der Waals surface area contributed by atoms with Gasteiger partial charge in [-0.1, -0.05) is 18.2 Å². The third-order valence-corrected chi connectivity index (χ3v) is 2.66. The zero-order valence-corrected chi connectivity index (χ0v) is 10.5. The average Bonchev–Trinajstić information content (AvgIpc) is 2.40. The molecule has 3 nitrogen and oxygen atoms in total. The van der Waals surface area contributed by atoms with Gasteiger partial charge < -0.3 is 14.6 Å². The van der Waals surface area contributed by atoms with Crippen LogP contribution in [0.1, 0.15) is 18.6 Å². The smallest absolute Gasteiger partial charge is 0.133 e. The highest BCUT2D eigenvalue weighted by molar-refractivity contribution is 5.40. The summed E-state index contributed by atoms with van der Waals surface area (Å²) in [6.45, 7) is 1.72. The number of aliphatic hydroxyl groups is 1. The van der Waals surface area contributed by atoms with Crippen molar-refractivity contribution in [3.05, 3.63) is 54.1 Å². The van der Waals surface area contributed by atoms with Gasteiger partial charge in [-0.15, -0.1) is 0 Å². The van der Waals surface area contributed by atoms with E-state index in [9.17, 15) is 5.11 Å². The lowest BCUT2D eigenvalue weighted by Gasteiger charge is -2.13. The van der Waals surface area contributed by atoms with E-state index < -0.39 is 6.10 Å². The second kappa shape index (κ2) is 5.56. The van der Waals surface area contributed by atoms with Crippen LogP contribution in [0.5, 0.6) is 17.2 Å². The molecule has 1 N–H and O–H groups in total. The predicted octanol–water partition coefficient (Wildman–Crippen LogP) is 3.54. The molecule has 0 amide bonds. The zero-order chi connectivity index (χ0) is 13.0. The first-order valence-corrected chi connectivity index (χ1v) is 5.79. The minimum atomic E-state index is -0.556. The van der Waals surface area contributed by atoms with Gasteiger partial charge in [0.25, 0.3) is 0 Å². The highest BCUT2D eigenvalue weighted by Crippen LogP contribution is 2.30. The Bertz CT molecular complexity index is 503. The maximum absolute atomic E-state index is 9.66. The molecule has 94 valence electrons. The van der Waals surface area contributed by atoms with Crippen LogP contribution >= 0.6 is 0 Å². The third kappa shape index (κ3) is 2.81. The summed E-state index contributed by atoms with van der Waals surface area (Å²) in [6, 6.07) is 14.8. The van der Waals surface area contributed by atoms with E-state index in [2.05, 4.69) is 0 Å². The predicted molar refractivity (Wildman–Crippen MR) is 70.1 cm³/mol. The number of ether oxygens (including phenoxy) is 2. The van der Waals surface area contributed by atoms with E-state index in [1.807, 2.05) is 48.5 Å². The fourth-order valence-electron chi connectivity index (χ4n) is 1.69. The number of hydrogen-bond donors (Lipinski definition) is 1. The molecule has 0 saturated carbocycles. The molecule has 0 aliphatic carbocycles. The minimum absolute atomic E-state index is 0.556. The normalized spacial score (nSPS) is 11.9. The Morgan fingerprint density at radius 2 is 1.56 bits per heavy atom. The lowest BCUT2D eigenvalue weighted by molar-refractivity contribution is 0.195. The Morgan fingerprint density at radius 1 is 0.944 bits per heavy atom. The number of hydrogen-bond acceptors (Lipinski definition) is 3. The summed E-state index contributed by atoms with van der Waals surface area (Å²) >= 11 is 0. The van der Waals surface area contributed by atoms with Crippen LogP contribution in [0.2, 0.25) is 0 Å². The minimum Gasteiger partial charge on any atom is -0.497 e. The molecule has 0 aromatic heterocycles. The molecule has 1 atom stereocenters. The fraction of sp³-hybridized carbons (Fsp3) is 0.200. The molecule has 18 heavy (non-hydrogen) atoms. The first-order chi connectivity index (χ1) is 8.70. The second-order valence-corrected chi connectivity index (χ2v) is 3.99. The lowest BCUT2D eigenvalue weighted by Crippen LogP contribution is -1.95. The Balaban J connectivity index is 2.22. The quantitative estimate of drug-likeness (QED) is 0.894. The second-order valence-electron chi connectivity index (χ2n) is 3.99. The average molecular weight is 244 g/mol. The summed E-state index contributed by atoms with van der Waals surface area (Å²) in [5, 5.41) is 9.66. The Morgan fingerprint density at radius 3 is 2.17 bits per heavy atom. The monoisotopic (exact) mass is 244 g/mol. The number of para-hydroxylation sites is 1. The van der Waals surface area contributed by atoms with Gasteiger partial charge in [0.2, 0.25) is 0 Å². The fourth-order valence-corrected chi connectivity index (χ4v) is 1.69. The van der Waals surface area contributed by atoms with Gasteiger partial charge in [0.15, 0.2) is 0 Å². The highest BCUT2D eigenvalue weighted by Gasteiger charge is 2.08. The molecule has 2 aromatic carbocycles. The van der Waals surface area contributed by atoms with E-state index in [-0.39, 0.29) is 0 Å². The number of benzene rings is 2. The largest absolute Gasteiger partial charge is 0.497 e. The summed E-state index contributed by atoms with van der Waals surface area (Å²) < 4.78 is 10.8. The summed E-state index contributed by atoms with van der Waals surface area (Å²) in [6.07, 6.45) is -0.556. The van der Waals surface area contributed by atoms with Crippen molar-refractivity contribution in [1.29, 1.82) is 0 Å². The zero-order valence-electron chi connectivity index (χ0n) is 10.5. The molecule has 0 fully saturated rings. The Labute approximate surface area is 107 Å². The van der Waals surface area contributed by atoms with Gasteiger partial charge in [-0.25, -0.2) is 0 Å². The molecule has 0 aliphatic heterocycles. The molecule has 0 heterocycles. The van der Waals surface area contributed by atoms with Crippen molar-refractivity contribution in [3.8, 4) is 17.2 Å². The van der Waals surface area contributed by atoms with Gasteiger partial charge in [-0.3, -0.25) is 0 Å². The van der Waals surface area contributed by atoms with Crippen molar-refractivity contribution in [2.24, 2.45) is 0 Å². The van der Waals surface area contributed by atoms with Crippen LogP contribution in [0.3, 0.4) is 0 Å². The topological polar surface area (TPSA) is 38.7 Å². The van der Waals surface area contributed by atoms with Crippen LogP contribution in [0.15, 0.2) is 48.5 Å². The van der Waals surface area contributed by atoms with Gasteiger partial charge >= 0.3 is 0 Å². The van der Waals surface area contributed by atoms with E-state index in [1.165, 1.54) is 0 Å². The van der Waals surface area contributed by atoms with Crippen molar-refractivity contribution < 1.29 is 14.6 Å². The molecule has 2 aromatic rings. The van der Waals surface area contributed by atoms with Crippen molar-refractivity contribution >= 4 is 0 Å². The van der Waals surface area contributed by atoms with Gasteiger partial charge in [0.05, 0.1) is 13.2 Å². The SMILES string of the molecule is COc1ccc(Oc2ccccc2[C@H](C)O)cc1. The van der Waals surface area contributed by atoms with Crippen LogP contribution in [0.4, 0.5) is 0 Å². The summed E-state index contributed by atoms with van der Waals surface area (Å²) in [5.74, 6) is 2.16. The molecule has 0 unspecified atom stereocenters. The van der Waals surface area contributed by atoms with Crippen LogP contribution in [0.25, 0.3) is 0 Å². The molecule has 0 bridgehead atoms. The molecular weight excluding hydrogens is 228 g/mol. The van der Waals surface area contributed by atoms with Crippen LogP contribution in [0, 0.1) is 0 Å². The van der Waals surface area contributed by atoms with Crippen molar-refractivity contribution in [3.63, 3.8) is 0 Å². The molecule has 0 aliphatic rings.